The van der Waals surface area contributed by atoms with Crippen molar-refractivity contribution >= 4 is 38.5 Å². The van der Waals surface area contributed by atoms with Gasteiger partial charge in [0.15, 0.2) is 0 Å². The molecule has 1 N–H and O–H groups in total. The summed E-state index contributed by atoms with van der Waals surface area (Å²) in [5.74, 6) is -0.0108. The number of nitrogens with zero attached hydrogens (tertiary/aromatic N) is 1. The summed E-state index contributed by atoms with van der Waals surface area (Å²) in [6, 6.07) is 16.2. The first-order chi connectivity index (χ1) is 12.5. The van der Waals surface area contributed by atoms with Crippen LogP contribution in [0.1, 0.15) is 16.8 Å². The number of nitrogens with one attached hydrogen (secondary N) is 1. The maximum Gasteiger partial charge on any atom is 0.338 e. The second kappa shape index (κ2) is 8.19. The summed E-state index contributed by atoms with van der Waals surface area (Å²) in [5, 5.41) is 4.13. The molecule has 0 aliphatic carbocycles. The zero-order chi connectivity index (χ0) is 18.5. The Hall–Kier alpha value is -2.60. The number of benzene rings is 2. The molecule has 5 nitrogen and oxygen atoms in total. The second-order valence-electron chi connectivity index (χ2n) is 5.99. The van der Waals surface area contributed by atoms with Gasteiger partial charge >= 0.3 is 5.63 Å². The van der Waals surface area contributed by atoms with Crippen molar-refractivity contribution in [3.05, 3.63) is 75.1 Å². The van der Waals surface area contributed by atoms with Crippen LogP contribution in [-0.4, -0.2) is 30.9 Å². The maximum absolute atomic E-state index is 12.4. The van der Waals surface area contributed by atoms with E-state index < -0.39 is 0 Å². The van der Waals surface area contributed by atoms with Gasteiger partial charge in [-0.15, -0.1) is 0 Å². The van der Waals surface area contributed by atoms with E-state index in [1.807, 2.05) is 30.3 Å². The van der Waals surface area contributed by atoms with Crippen LogP contribution in [0.4, 0.5) is 5.69 Å². The highest BCUT2D eigenvalue weighted by molar-refractivity contribution is 9.10. The number of halogens is 1. The molecular formula is C20H19BrN2O3. The Balaban J connectivity index is 1.56. The zero-order valence-corrected chi connectivity index (χ0v) is 16.0. The molecule has 0 radical (unpaired) electrons. The van der Waals surface area contributed by atoms with Crippen LogP contribution in [0, 0.1) is 0 Å². The van der Waals surface area contributed by atoms with Crippen molar-refractivity contribution in [2.45, 2.75) is 6.42 Å². The number of carbonyl (C=O) groups excluding carboxylic acids is 1. The first kappa shape index (κ1) is 18.2. The third-order valence-corrected chi connectivity index (χ3v) is 4.60. The lowest BCUT2D eigenvalue weighted by Gasteiger charge is -2.17. The third-order valence-electron chi connectivity index (χ3n) is 4.07. The molecule has 1 aromatic heterocycles. The number of para-hydroxylation sites is 1. The summed E-state index contributed by atoms with van der Waals surface area (Å²) in [4.78, 5) is 25.7. The van der Waals surface area contributed by atoms with Gasteiger partial charge in [0.2, 0.25) is 0 Å². The molecule has 3 aromatic rings. The molecular weight excluding hydrogens is 396 g/mol. The van der Waals surface area contributed by atoms with E-state index in [0.29, 0.717) is 24.2 Å². The fourth-order valence-corrected chi connectivity index (χ4v) is 2.98. The molecule has 0 aliphatic heterocycles. The van der Waals surface area contributed by atoms with Gasteiger partial charge in [-0.05, 0) is 42.8 Å². The van der Waals surface area contributed by atoms with E-state index >= 15 is 0 Å². The summed E-state index contributed by atoms with van der Waals surface area (Å²) in [6.07, 6.45) is 0.757. The summed E-state index contributed by atoms with van der Waals surface area (Å²) < 4.78 is 6.13. The molecule has 26 heavy (non-hydrogen) atoms. The predicted molar refractivity (Wildman–Crippen MR) is 107 cm³/mol. The van der Waals surface area contributed by atoms with Crippen LogP contribution in [0.3, 0.4) is 0 Å². The van der Waals surface area contributed by atoms with Gasteiger partial charge < -0.3 is 14.6 Å². The van der Waals surface area contributed by atoms with Crippen LogP contribution < -0.4 is 10.9 Å². The van der Waals surface area contributed by atoms with E-state index in [9.17, 15) is 9.59 Å². The van der Waals surface area contributed by atoms with Crippen molar-refractivity contribution < 1.29 is 9.21 Å². The van der Waals surface area contributed by atoms with Gasteiger partial charge in [-0.3, -0.25) is 4.79 Å². The van der Waals surface area contributed by atoms with Gasteiger partial charge in [0, 0.05) is 41.6 Å². The molecule has 0 aliphatic rings. The van der Waals surface area contributed by atoms with Crippen molar-refractivity contribution in [2.24, 2.45) is 0 Å². The lowest BCUT2D eigenvalue weighted by molar-refractivity contribution is 0.0794. The molecule has 0 saturated carbocycles. The van der Waals surface area contributed by atoms with Gasteiger partial charge in [-0.1, -0.05) is 28.1 Å². The third kappa shape index (κ3) is 4.32. The minimum atomic E-state index is -0.381. The van der Waals surface area contributed by atoms with Crippen LogP contribution in [-0.2, 0) is 0 Å². The predicted octanol–water partition coefficient (Wildman–Crippen LogP) is 4.13. The van der Waals surface area contributed by atoms with Gasteiger partial charge in [0.25, 0.3) is 5.91 Å². The normalized spacial score (nSPS) is 10.7. The van der Waals surface area contributed by atoms with Crippen LogP contribution in [0.5, 0.6) is 0 Å². The molecule has 0 fully saturated rings. The molecule has 6 heteroatoms. The van der Waals surface area contributed by atoms with Crippen molar-refractivity contribution in [1.29, 1.82) is 0 Å². The van der Waals surface area contributed by atoms with E-state index in [1.165, 1.54) is 6.07 Å². The van der Waals surface area contributed by atoms with Gasteiger partial charge in [0.1, 0.15) is 5.58 Å². The smallest absolute Gasteiger partial charge is 0.338 e. The van der Waals surface area contributed by atoms with Gasteiger partial charge in [0.05, 0.1) is 5.69 Å². The fourth-order valence-electron chi connectivity index (χ4n) is 2.71. The number of amides is 1. The SMILES string of the molecule is CN(CCCNc1cc(=O)oc2ccccc12)C(=O)c1ccc(Br)cc1. The molecule has 2 aromatic carbocycles. The van der Waals surface area contributed by atoms with Crippen LogP contribution in [0.15, 0.2) is 68.3 Å². The fraction of sp³-hybridized carbons (Fsp3) is 0.200. The highest BCUT2D eigenvalue weighted by Crippen LogP contribution is 2.20. The summed E-state index contributed by atoms with van der Waals surface area (Å²) in [6.45, 7) is 1.26. The van der Waals surface area contributed by atoms with Crippen molar-refractivity contribution in [2.75, 3.05) is 25.5 Å². The Bertz CT molecular complexity index is 967. The highest BCUT2D eigenvalue weighted by Gasteiger charge is 2.11. The largest absolute Gasteiger partial charge is 0.423 e. The second-order valence-corrected chi connectivity index (χ2v) is 6.90. The number of hydrogen-bond acceptors (Lipinski definition) is 4. The van der Waals surface area contributed by atoms with E-state index in [2.05, 4.69) is 21.2 Å². The number of hydrogen-bond donors (Lipinski definition) is 1. The Morgan fingerprint density at radius 3 is 2.65 bits per heavy atom. The van der Waals surface area contributed by atoms with Crippen molar-refractivity contribution in [1.82, 2.24) is 4.90 Å². The Morgan fingerprint density at radius 1 is 1.15 bits per heavy atom. The summed E-state index contributed by atoms with van der Waals surface area (Å²) in [7, 11) is 1.79. The first-order valence-electron chi connectivity index (χ1n) is 8.32. The molecule has 1 heterocycles. The van der Waals surface area contributed by atoms with E-state index in [4.69, 9.17) is 4.42 Å². The number of carbonyl (C=O) groups is 1. The van der Waals surface area contributed by atoms with Crippen LogP contribution in [0.2, 0.25) is 0 Å². The molecule has 0 bridgehead atoms. The molecule has 0 atom stereocenters. The van der Waals surface area contributed by atoms with E-state index in [1.54, 1.807) is 30.1 Å². The standard InChI is InChI=1S/C20H19BrN2O3/c1-23(20(25)14-7-9-15(21)10-8-14)12-4-11-22-17-13-19(24)26-18-6-3-2-5-16(17)18/h2-3,5-10,13,22H,4,11-12H2,1H3. The summed E-state index contributed by atoms with van der Waals surface area (Å²) in [5.41, 5.74) is 1.59. The lowest BCUT2D eigenvalue weighted by Crippen LogP contribution is -2.28. The lowest BCUT2D eigenvalue weighted by atomic mass is 10.2. The van der Waals surface area contributed by atoms with Crippen LogP contribution >= 0.6 is 15.9 Å². The Morgan fingerprint density at radius 2 is 1.88 bits per heavy atom. The maximum atomic E-state index is 12.4. The van der Waals surface area contributed by atoms with Gasteiger partial charge in [-0.25, -0.2) is 4.79 Å². The van der Waals surface area contributed by atoms with Crippen LogP contribution in [0.25, 0.3) is 11.0 Å². The molecule has 0 saturated heterocycles. The average Bonchev–Trinajstić information content (AvgIpc) is 2.64. The topological polar surface area (TPSA) is 62.6 Å². The minimum Gasteiger partial charge on any atom is -0.423 e. The highest BCUT2D eigenvalue weighted by atomic mass is 79.9. The zero-order valence-electron chi connectivity index (χ0n) is 14.4. The molecule has 1 amide bonds. The minimum absolute atomic E-state index is 0.0108. The number of rotatable bonds is 6. The number of anilines is 1. The van der Waals surface area contributed by atoms with Crippen molar-refractivity contribution in [3.8, 4) is 0 Å². The average molecular weight is 415 g/mol. The molecule has 134 valence electrons. The summed E-state index contributed by atoms with van der Waals surface area (Å²) >= 11 is 3.37. The van der Waals surface area contributed by atoms with Gasteiger partial charge in [-0.2, -0.15) is 0 Å². The Kier molecular flexibility index (Phi) is 5.73. The van der Waals surface area contributed by atoms with Crippen molar-refractivity contribution in [3.63, 3.8) is 0 Å². The Labute approximate surface area is 159 Å². The quantitative estimate of drug-likeness (QED) is 0.486. The van der Waals surface area contributed by atoms with E-state index in [-0.39, 0.29) is 11.5 Å². The van der Waals surface area contributed by atoms with E-state index in [0.717, 1.165) is 22.0 Å². The number of fused-ring (bicyclic) bond motifs is 1. The first-order valence-corrected chi connectivity index (χ1v) is 9.12. The molecule has 0 unspecified atom stereocenters. The molecule has 3 rings (SSSR count). The molecule has 0 spiro atoms. The monoisotopic (exact) mass is 414 g/mol.